The smallest absolute Gasteiger partial charge is 0.0491 e. The fraction of sp³-hybridized carbons (Fsp3) is 1.00. The van der Waals surface area contributed by atoms with Crippen molar-refractivity contribution in [3.05, 3.63) is 0 Å². The summed E-state index contributed by atoms with van der Waals surface area (Å²) < 4.78 is 5.22. The third-order valence-corrected chi connectivity index (χ3v) is 4.06. The predicted molar refractivity (Wildman–Crippen MR) is 68.5 cm³/mol. The summed E-state index contributed by atoms with van der Waals surface area (Å²) >= 11 is 0. The van der Waals surface area contributed by atoms with E-state index in [0.717, 1.165) is 25.6 Å². The summed E-state index contributed by atoms with van der Waals surface area (Å²) in [5.74, 6) is 0.770. The molecule has 1 rings (SSSR count). The van der Waals surface area contributed by atoms with Crippen LogP contribution in [0.3, 0.4) is 0 Å². The van der Waals surface area contributed by atoms with E-state index in [-0.39, 0.29) is 0 Å². The summed E-state index contributed by atoms with van der Waals surface area (Å²) in [5, 5.41) is 0. The fourth-order valence-corrected chi connectivity index (χ4v) is 2.41. The minimum atomic E-state index is 0.300. The van der Waals surface area contributed by atoms with Crippen LogP contribution in [0.25, 0.3) is 0 Å². The Bertz CT molecular complexity index is 184. The minimum Gasteiger partial charge on any atom is -0.384 e. The third-order valence-electron chi connectivity index (χ3n) is 4.06. The molecule has 1 saturated heterocycles. The molecule has 0 amide bonds. The molecule has 0 bridgehead atoms. The molecule has 1 atom stereocenters. The molecular weight excluding hydrogens is 200 g/mol. The maximum Gasteiger partial charge on any atom is 0.0491 e. The Kier molecular flexibility index (Phi) is 5.73. The van der Waals surface area contributed by atoms with Gasteiger partial charge < -0.3 is 15.4 Å². The zero-order chi connectivity index (χ0) is 12.0. The standard InChI is InChI=1S/C13H28N2O/c1-4-13(2,10-14)11-15-7-5-12(6-8-15)9-16-3/h12H,4-11,14H2,1-3H3. The normalized spacial score (nSPS) is 23.2. The lowest BCUT2D eigenvalue weighted by Crippen LogP contribution is -2.44. The van der Waals surface area contributed by atoms with Crippen LogP contribution in [-0.4, -0.2) is 44.8 Å². The average Bonchev–Trinajstić information content (AvgIpc) is 2.32. The van der Waals surface area contributed by atoms with Crippen molar-refractivity contribution >= 4 is 0 Å². The van der Waals surface area contributed by atoms with Gasteiger partial charge in [0.25, 0.3) is 0 Å². The van der Waals surface area contributed by atoms with Gasteiger partial charge in [-0.3, -0.25) is 0 Å². The highest BCUT2D eigenvalue weighted by Crippen LogP contribution is 2.24. The van der Waals surface area contributed by atoms with Gasteiger partial charge in [-0.15, -0.1) is 0 Å². The number of piperidine rings is 1. The van der Waals surface area contributed by atoms with Crippen molar-refractivity contribution in [1.29, 1.82) is 0 Å². The maximum absolute atomic E-state index is 5.86. The van der Waals surface area contributed by atoms with Crippen molar-refractivity contribution in [2.24, 2.45) is 17.1 Å². The molecular formula is C13H28N2O. The Morgan fingerprint density at radius 2 is 2.00 bits per heavy atom. The monoisotopic (exact) mass is 228 g/mol. The quantitative estimate of drug-likeness (QED) is 0.752. The maximum atomic E-state index is 5.86. The van der Waals surface area contributed by atoms with Crippen LogP contribution < -0.4 is 5.73 Å². The average molecular weight is 228 g/mol. The Hall–Kier alpha value is -0.120. The first kappa shape index (κ1) is 13.9. The molecule has 0 radical (unpaired) electrons. The second-order valence-corrected chi connectivity index (χ2v) is 5.54. The van der Waals surface area contributed by atoms with E-state index in [1.165, 1.54) is 32.4 Å². The molecule has 2 N–H and O–H groups in total. The van der Waals surface area contributed by atoms with Gasteiger partial charge >= 0.3 is 0 Å². The number of methoxy groups -OCH3 is 1. The first-order valence-electron chi connectivity index (χ1n) is 6.55. The molecule has 1 aliphatic heterocycles. The second-order valence-electron chi connectivity index (χ2n) is 5.54. The number of rotatable bonds is 6. The molecule has 0 aromatic rings. The van der Waals surface area contributed by atoms with Crippen LogP contribution in [0.1, 0.15) is 33.1 Å². The van der Waals surface area contributed by atoms with Crippen LogP contribution in [0.5, 0.6) is 0 Å². The Morgan fingerprint density at radius 3 is 2.44 bits per heavy atom. The number of nitrogens with two attached hydrogens (primary N) is 1. The molecule has 1 fully saturated rings. The largest absolute Gasteiger partial charge is 0.384 e. The first-order valence-corrected chi connectivity index (χ1v) is 6.55. The van der Waals surface area contributed by atoms with E-state index in [1.807, 2.05) is 0 Å². The van der Waals surface area contributed by atoms with Gasteiger partial charge in [0.1, 0.15) is 0 Å². The highest BCUT2D eigenvalue weighted by Gasteiger charge is 2.26. The predicted octanol–water partition coefficient (Wildman–Crippen LogP) is 1.72. The zero-order valence-corrected chi connectivity index (χ0v) is 11.2. The van der Waals surface area contributed by atoms with Gasteiger partial charge in [0.15, 0.2) is 0 Å². The summed E-state index contributed by atoms with van der Waals surface area (Å²) in [7, 11) is 1.80. The molecule has 1 unspecified atom stereocenters. The van der Waals surface area contributed by atoms with Crippen LogP contribution in [0.4, 0.5) is 0 Å². The molecule has 16 heavy (non-hydrogen) atoms. The second kappa shape index (κ2) is 6.58. The number of ether oxygens (including phenoxy) is 1. The van der Waals surface area contributed by atoms with E-state index in [1.54, 1.807) is 7.11 Å². The van der Waals surface area contributed by atoms with Crippen molar-refractivity contribution in [2.75, 3.05) is 39.9 Å². The number of nitrogens with zero attached hydrogens (tertiary/aromatic N) is 1. The van der Waals surface area contributed by atoms with E-state index in [4.69, 9.17) is 10.5 Å². The van der Waals surface area contributed by atoms with Crippen LogP contribution in [0.2, 0.25) is 0 Å². The minimum absolute atomic E-state index is 0.300. The molecule has 0 spiro atoms. The van der Waals surface area contributed by atoms with Crippen molar-refractivity contribution in [1.82, 2.24) is 4.90 Å². The van der Waals surface area contributed by atoms with Gasteiger partial charge in [0, 0.05) is 20.3 Å². The van der Waals surface area contributed by atoms with Gasteiger partial charge in [0.2, 0.25) is 0 Å². The Labute approximate surface area is 100 Å². The highest BCUT2D eigenvalue weighted by atomic mass is 16.5. The topological polar surface area (TPSA) is 38.5 Å². The molecule has 0 aromatic carbocycles. The van der Waals surface area contributed by atoms with Crippen molar-refractivity contribution in [3.8, 4) is 0 Å². The van der Waals surface area contributed by atoms with E-state index >= 15 is 0 Å². The van der Waals surface area contributed by atoms with Crippen molar-refractivity contribution in [2.45, 2.75) is 33.1 Å². The van der Waals surface area contributed by atoms with Gasteiger partial charge in [0.05, 0.1) is 0 Å². The Balaban J connectivity index is 2.31. The summed E-state index contributed by atoms with van der Waals surface area (Å²) in [5.41, 5.74) is 6.16. The SMILES string of the molecule is CCC(C)(CN)CN1CCC(COC)CC1. The van der Waals surface area contributed by atoms with E-state index in [9.17, 15) is 0 Å². The molecule has 0 saturated carbocycles. The van der Waals surface area contributed by atoms with Crippen molar-refractivity contribution in [3.63, 3.8) is 0 Å². The summed E-state index contributed by atoms with van der Waals surface area (Å²) in [6.45, 7) is 9.84. The molecule has 96 valence electrons. The third kappa shape index (κ3) is 4.04. The van der Waals surface area contributed by atoms with Crippen LogP contribution in [0.15, 0.2) is 0 Å². The lowest BCUT2D eigenvalue weighted by molar-refractivity contribution is 0.0780. The number of hydrogen-bond donors (Lipinski definition) is 1. The van der Waals surface area contributed by atoms with Gasteiger partial charge in [-0.25, -0.2) is 0 Å². The van der Waals surface area contributed by atoms with E-state index in [0.29, 0.717) is 5.41 Å². The molecule has 3 heteroatoms. The van der Waals surface area contributed by atoms with Crippen LogP contribution >= 0.6 is 0 Å². The lowest BCUT2D eigenvalue weighted by atomic mass is 9.86. The number of likely N-dealkylation sites (tertiary alicyclic amines) is 1. The van der Waals surface area contributed by atoms with Crippen LogP contribution in [0, 0.1) is 11.3 Å². The summed E-state index contributed by atoms with van der Waals surface area (Å²) in [4.78, 5) is 2.57. The van der Waals surface area contributed by atoms with Crippen LogP contribution in [-0.2, 0) is 4.74 Å². The molecule has 0 aromatic heterocycles. The van der Waals surface area contributed by atoms with Gasteiger partial charge in [-0.05, 0) is 50.2 Å². The van der Waals surface area contributed by atoms with E-state index in [2.05, 4.69) is 18.7 Å². The molecule has 1 heterocycles. The van der Waals surface area contributed by atoms with Crippen molar-refractivity contribution < 1.29 is 4.74 Å². The molecule has 3 nitrogen and oxygen atoms in total. The summed E-state index contributed by atoms with van der Waals surface area (Å²) in [6.07, 6.45) is 3.72. The Morgan fingerprint density at radius 1 is 1.38 bits per heavy atom. The first-order chi connectivity index (χ1) is 7.63. The van der Waals surface area contributed by atoms with Gasteiger partial charge in [-0.2, -0.15) is 0 Å². The molecule has 0 aliphatic carbocycles. The summed E-state index contributed by atoms with van der Waals surface area (Å²) in [6, 6.07) is 0. The number of hydrogen-bond acceptors (Lipinski definition) is 3. The van der Waals surface area contributed by atoms with E-state index < -0.39 is 0 Å². The zero-order valence-electron chi connectivity index (χ0n) is 11.2. The highest BCUT2D eigenvalue weighted by molar-refractivity contribution is 4.81. The van der Waals surface area contributed by atoms with Gasteiger partial charge in [-0.1, -0.05) is 13.8 Å². The lowest BCUT2D eigenvalue weighted by Gasteiger charge is -2.38. The fourth-order valence-electron chi connectivity index (χ4n) is 2.41. The molecule has 1 aliphatic rings.